The number of fused-ring (bicyclic) bond motifs is 1. The first-order valence-electron chi connectivity index (χ1n) is 7.02. The van der Waals surface area contributed by atoms with Crippen molar-refractivity contribution in [3.63, 3.8) is 0 Å². The fourth-order valence-electron chi connectivity index (χ4n) is 2.50. The lowest BCUT2D eigenvalue weighted by Crippen LogP contribution is -1.96. The Labute approximate surface area is 130 Å². The minimum Gasteiger partial charge on any atom is -0.497 e. The summed E-state index contributed by atoms with van der Waals surface area (Å²) in [5, 5.41) is 2.49. The lowest BCUT2D eigenvalue weighted by molar-refractivity contribution is 0.414. The van der Waals surface area contributed by atoms with Gasteiger partial charge < -0.3 is 4.74 Å². The van der Waals surface area contributed by atoms with E-state index in [1.54, 1.807) is 7.11 Å². The number of hydrogen-bond acceptors (Lipinski definition) is 1. The maximum Gasteiger partial charge on any atom is 0.118 e. The van der Waals surface area contributed by atoms with E-state index in [2.05, 4.69) is 42.5 Å². The standard InChI is InChI=1S/C19H17ClO/c1-21-18-10-8-16(9-11-18)19(20)13-14-6-7-15-4-2-3-5-17(15)12-14/h2-12,19H,13H2,1H3. The van der Waals surface area contributed by atoms with Gasteiger partial charge in [-0.1, -0.05) is 54.6 Å². The van der Waals surface area contributed by atoms with E-state index in [1.807, 2.05) is 24.3 Å². The minimum atomic E-state index is -0.0305. The normalized spacial score (nSPS) is 12.3. The molecule has 3 aromatic carbocycles. The van der Waals surface area contributed by atoms with E-state index in [0.717, 1.165) is 17.7 Å². The fourth-order valence-corrected chi connectivity index (χ4v) is 2.83. The zero-order chi connectivity index (χ0) is 14.7. The summed E-state index contributed by atoms with van der Waals surface area (Å²) in [6, 6.07) is 22.9. The van der Waals surface area contributed by atoms with E-state index < -0.39 is 0 Å². The topological polar surface area (TPSA) is 9.23 Å². The molecule has 0 saturated heterocycles. The van der Waals surface area contributed by atoms with Gasteiger partial charge in [-0.25, -0.2) is 0 Å². The molecule has 1 atom stereocenters. The minimum absolute atomic E-state index is 0.0305. The highest BCUT2D eigenvalue weighted by Gasteiger charge is 2.09. The molecule has 0 amide bonds. The van der Waals surface area contributed by atoms with Crippen LogP contribution in [0.5, 0.6) is 5.75 Å². The summed E-state index contributed by atoms with van der Waals surface area (Å²) in [5.41, 5.74) is 2.37. The summed E-state index contributed by atoms with van der Waals surface area (Å²) in [4.78, 5) is 0. The van der Waals surface area contributed by atoms with E-state index in [0.29, 0.717) is 0 Å². The maximum atomic E-state index is 6.55. The van der Waals surface area contributed by atoms with Crippen molar-refractivity contribution in [3.05, 3.63) is 77.9 Å². The molecule has 0 fully saturated rings. The van der Waals surface area contributed by atoms with Crippen molar-refractivity contribution in [1.82, 2.24) is 0 Å². The van der Waals surface area contributed by atoms with Crippen molar-refractivity contribution in [2.24, 2.45) is 0 Å². The molecule has 0 aromatic heterocycles. The largest absolute Gasteiger partial charge is 0.497 e. The molecule has 0 aliphatic heterocycles. The first-order chi connectivity index (χ1) is 10.3. The molecule has 3 aromatic rings. The van der Waals surface area contributed by atoms with Crippen molar-refractivity contribution in [2.45, 2.75) is 11.8 Å². The Morgan fingerprint density at radius 1 is 0.905 bits per heavy atom. The average molecular weight is 297 g/mol. The second kappa shape index (κ2) is 6.19. The van der Waals surface area contributed by atoms with Crippen molar-refractivity contribution < 1.29 is 4.74 Å². The van der Waals surface area contributed by atoms with Gasteiger partial charge in [-0.2, -0.15) is 0 Å². The van der Waals surface area contributed by atoms with Crippen molar-refractivity contribution in [1.29, 1.82) is 0 Å². The van der Waals surface area contributed by atoms with Gasteiger partial charge in [-0.3, -0.25) is 0 Å². The zero-order valence-electron chi connectivity index (χ0n) is 11.9. The van der Waals surface area contributed by atoms with Gasteiger partial charge >= 0.3 is 0 Å². The predicted octanol–water partition coefficient (Wildman–Crippen LogP) is 5.37. The van der Waals surface area contributed by atoms with Crippen LogP contribution in [0.1, 0.15) is 16.5 Å². The molecule has 3 rings (SSSR count). The number of benzene rings is 3. The highest BCUT2D eigenvalue weighted by Crippen LogP contribution is 2.27. The SMILES string of the molecule is COc1ccc(C(Cl)Cc2ccc3ccccc3c2)cc1. The summed E-state index contributed by atoms with van der Waals surface area (Å²) >= 11 is 6.55. The first kappa shape index (κ1) is 14.0. The van der Waals surface area contributed by atoms with E-state index in [4.69, 9.17) is 16.3 Å². The monoisotopic (exact) mass is 296 g/mol. The fraction of sp³-hybridized carbons (Fsp3) is 0.158. The lowest BCUT2D eigenvalue weighted by atomic mass is 10.0. The first-order valence-corrected chi connectivity index (χ1v) is 7.45. The third-order valence-corrected chi connectivity index (χ3v) is 4.11. The van der Waals surface area contributed by atoms with Crippen LogP contribution >= 0.6 is 11.6 Å². The summed E-state index contributed by atoms with van der Waals surface area (Å²) in [5.74, 6) is 0.855. The molecular weight excluding hydrogens is 280 g/mol. The molecule has 1 nitrogen and oxygen atoms in total. The zero-order valence-corrected chi connectivity index (χ0v) is 12.7. The van der Waals surface area contributed by atoms with Gasteiger partial charge in [0.05, 0.1) is 12.5 Å². The van der Waals surface area contributed by atoms with Crippen LogP contribution in [0.25, 0.3) is 10.8 Å². The molecule has 21 heavy (non-hydrogen) atoms. The number of ether oxygens (including phenoxy) is 1. The Morgan fingerprint density at radius 2 is 1.62 bits per heavy atom. The Balaban J connectivity index is 1.79. The molecule has 0 saturated carbocycles. The number of alkyl halides is 1. The molecule has 2 heteroatoms. The van der Waals surface area contributed by atoms with Gasteiger partial charge in [0.1, 0.15) is 5.75 Å². The predicted molar refractivity (Wildman–Crippen MR) is 89.2 cm³/mol. The van der Waals surface area contributed by atoms with Crippen LogP contribution in [0.4, 0.5) is 0 Å². The number of halogens is 1. The quantitative estimate of drug-likeness (QED) is 0.588. The van der Waals surface area contributed by atoms with Gasteiger partial charge in [0.2, 0.25) is 0 Å². The van der Waals surface area contributed by atoms with Crippen molar-refractivity contribution >= 4 is 22.4 Å². The third kappa shape index (κ3) is 3.20. The van der Waals surface area contributed by atoms with Crippen LogP contribution in [0.3, 0.4) is 0 Å². The number of rotatable bonds is 4. The van der Waals surface area contributed by atoms with E-state index in [-0.39, 0.29) is 5.38 Å². The molecule has 0 N–H and O–H groups in total. The van der Waals surface area contributed by atoms with Crippen molar-refractivity contribution in [3.8, 4) is 5.75 Å². The molecule has 0 aliphatic carbocycles. The smallest absolute Gasteiger partial charge is 0.118 e. The van der Waals surface area contributed by atoms with Crippen LogP contribution in [-0.4, -0.2) is 7.11 Å². The van der Waals surface area contributed by atoms with E-state index in [1.165, 1.54) is 16.3 Å². The third-order valence-electron chi connectivity index (χ3n) is 3.71. The van der Waals surface area contributed by atoms with Crippen LogP contribution in [0.2, 0.25) is 0 Å². The number of hydrogen-bond donors (Lipinski definition) is 0. The van der Waals surface area contributed by atoms with Crippen LogP contribution in [-0.2, 0) is 6.42 Å². The van der Waals surface area contributed by atoms with Crippen molar-refractivity contribution in [2.75, 3.05) is 7.11 Å². The Hall–Kier alpha value is -1.99. The second-order valence-corrected chi connectivity index (χ2v) is 5.65. The molecule has 0 radical (unpaired) electrons. The average Bonchev–Trinajstić information content (AvgIpc) is 2.55. The second-order valence-electron chi connectivity index (χ2n) is 5.13. The van der Waals surface area contributed by atoms with Gasteiger partial charge in [0.25, 0.3) is 0 Å². The van der Waals surface area contributed by atoms with Crippen LogP contribution < -0.4 is 4.74 Å². The summed E-state index contributed by atoms with van der Waals surface area (Å²) in [6.07, 6.45) is 0.818. The molecule has 0 aliphatic rings. The summed E-state index contributed by atoms with van der Waals surface area (Å²) in [7, 11) is 1.67. The van der Waals surface area contributed by atoms with Crippen LogP contribution in [0.15, 0.2) is 66.7 Å². The highest BCUT2D eigenvalue weighted by atomic mass is 35.5. The van der Waals surface area contributed by atoms with E-state index >= 15 is 0 Å². The lowest BCUT2D eigenvalue weighted by Gasteiger charge is -2.11. The van der Waals surface area contributed by atoms with E-state index in [9.17, 15) is 0 Å². The summed E-state index contributed by atoms with van der Waals surface area (Å²) in [6.45, 7) is 0. The molecule has 0 heterocycles. The molecule has 0 bridgehead atoms. The molecule has 0 spiro atoms. The Morgan fingerprint density at radius 3 is 2.33 bits per heavy atom. The summed E-state index contributed by atoms with van der Waals surface area (Å²) < 4.78 is 5.17. The van der Waals surface area contributed by atoms with Gasteiger partial charge in [-0.15, -0.1) is 11.6 Å². The number of methoxy groups -OCH3 is 1. The van der Waals surface area contributed by atoms with Crippen LogP contribution in [0, 0.1) is 0 Å². The molecule has 1 unspecified atom stereocenters. The molecular formula is C19H17ClO. The van der Waals surface area contributed by atoms with Gasteiger partial charge in [0.15, 0.2) is 0 Å². The maximum absolute atomic E-state index is 6.55. The Kier molecular flexibility index (Phi) is 4.12. The van der Waals surface area contributed by atoms with Gasteiger partial charge in [0, 0.05) is 0 Å². The molecule has 106 valence electrons. The Bertz CT molecular complexity index is 734. The highest BCUT2D eigenvalue weighted by molar-refractivity contribution is 6.20. The van der Waals surface area contributed by atoms with Gasteiger partial charge in [-0.05, 0) is 40.5 Å².